The molecule has 5 rings (SSSR count). The van der Waals surface area contributed by atoms with E-state index < -0.39 is 66.1 Å². The van der Waals surface area contributed by atoms with Crippen LogP contribution in [0.15, 0.2) is 36.4 Å². The Morgan fingerprint density at radius 1 is 1.20 bits per heavy atom. The van der Waals surface area contributed by atoms with Crippen molar-refractivity contribution in [3.8, 4) is 0 Å². The van der Waals surface area contributed by atoms with Crippen molar-refractivity contribution in [2.45, 2.75) is 35.8 Å². The number of carbonyl (C=O) groups excluding carboxylic acids is 1. The fraction of sp³-hybridized carbons (Fsp3) is 0.381. The first kappa shape index (κ1) is 23.1. The van der Waals surface area contributed by atoms with E-state index in [4.69, 9.17) is 15.6 Å². The number of guanidine groups is 2. The summed E-state index contributed by atoms with van der Waals surface area (Å²) < 4.78 is 45.7. The molecule has 0 unspecified atom stereocenters. The van der Waals surface area contributed by atoms with Gasteiger partial charge in [0, 0.05) is 0 Å². The number of aliphatic hydroxyl groups excluding tert-OH is 1. The van der Waals surface area contributed by atoms with Gasteiger partial charge in [-0.3, -0.25) is 10.8 Å². The van der Waals surface area contributed by atoms with Crippen molar-refractivity contribution in [3.63, 3.8) is 0 Å². The number of rotatable bonds is 3. The third-order valence-corrected chi connectivity index (χ3v) is 6.70. The molecule has 3 saturated heterocycles. The lowest BCUT2D eigenvalue weighted by molar-refractivity contribution is -0.258. The molecule has 0 aliphatic carbocycles. The van der Waals surface area contributed by atoms with Gasteiger partial charge in [0.2, 0.25) is 5.79 Å². The maximum atomic E-state index is 13.5. The number of benzene rings is 2. The van der Waals surface area contributed by atoms with Crippen LogP contribution in [0.25, 0.3) is 10.8 Å². The Hall–Kier alpha value is -3.62. The predicted molar refractivity (Wildman–Crippen MR) is 114 cm³/mol. The highest BCUT2D eigenvalue weighted by atomic mass is 19.4. The number of carbonyl (C=O) groups is 1. The molecule has 0 aromatic heterocycles. The van der Waals surface area contributed by atoms with Crippen molar-refractivity contribution in [1.29, 1.82) is 10.8 Å². The van der Waals surface area contributed by atoms with Crippen molar-refractivity contribution in [1.82, 2.24) is 20.9 Å². The van der Waals surface area contributed by atoms with Gasteiger partial charge in [0.05, 0.1) is 36.4 Å². The minimum Gasteiger partial charge on any atom is -0.451 e. The van der Waals surface area contributed by atoms with Crippen molar-refractivity contribution in [2.75, 3.05) is 13.2 Å². The molecule has 3 fully saturated rings. The predicted octanol–water partition coefficient (Wildman–Crippen LogP) is -0.528. The summed E-state index contributed by atoms with van der Waals surface area (Å²) in [5, 5.41) is 56.6. The number of aliphatic hydroxyl groups is 3. The van der Waals surface area contributed by atoms with Gasteiger partial charge in [0.25, 0.3) is 0 Å². The molecular formula is C21H21F3N6O5. The first-order chi connectivity index (χ1) is 16.4. The van der Waals surface area contributed by atoms with E-state index in [2.05, 4.69) is 16.0 Å². The second-order valence-electron chi connectivity index (χ2n) is 8.64. The number of nitrogens with one attached hydrogen (secondary N) is 5. The standard InChI is InChI=1S/C21H21F3N6O5/c22-21(23,24)10-5-9-3-1-2-4-11(9)12(6-10)16(32)35-14-7-30-18(26)27-13(8-31)15-19(30,20(14,33)34)29-17(25)28-15/h1-6,13-15,31,33-34H,7-8H2,(H2,26,27)(H3,25,28,29)/t13-,14-,15-,19-/m0/s1. The van der Waals surface area contributed by atoms with Crippen LogP contribution in [0, 0.1) is 10.8 Å². The Labute approximate surface area is 195 Å². The Morgan fingerprint density at radius 2 is 1.91 bits per heavy atom. The topological polar surface area (TPSA) is 174 Å². The molecule has 35 heavy (non-hydrogen) atoms. The van der Waals surface area contributed by atoms with Gasteiger partial charge in [0.1, 0.15) is 0 Å². The van der Waals surface area contributed by atoms with Gasteiger partial charge in [-0.15, -0.1) is 0 Å². The Balaban J connectivity index is 1.54. The first-order valence-electron chi connectivity index (χ1n) is 10.5. The number of ether oxygens (including phenoxy) is 1. The fourth-order valence-corrected chi connectivity index (χ4v) is 5.10. The average molecular weight is 494 g/mol. The first-order valence-corrected chi connectivity index (χ1v) is 10.5. The van der Waals surface area contributed by atoms with Crippen LogP contribution in [0.4, 0.5) is 13.2 Å². The second kappa shape index (κ2) is 7.44. The lowest BCUT2D eigenvalue weighted by Gasteiger charge is -2.50. The van der Waals surface area contributed by atoms with E-state index in [9.17, 15) is 33.3 Å². The summed E-state index contributed by atoms with van der Waals surface area (Å²) in [6.07, 6.45) is -6.47. The number of halogens is 3. The van der Waals surface area contributed by atoms with Crippen molar-refractivity contribution >= 4 is 28.7 Å². The smallest absolute Gasteiger partial charge is 0.416 e. The van der Waals surface area contributed by atoms with E-state index in [0.717, 1.165) is 11.0 Å². The monoisotopic (exact) mass is 494 g/mol. The van der Waals surface area contributed by atoms with Crippen LogP contribution in [0.3, 0.4) is 0 Å². The van der Waals surface area contributed by atoms with E-state index in [-0.39, 0.29) is 22.7 Å². The van der Waals surface area contributed by atoms with Crippen LogP contribution in [0.5, 0.6) is 0 Å². The van der Waals surface area contributed by atoms with Crippen LogP contribution in [-0.2, 0) is 10.9 Å². The Bertz CT molecular complexity index is 1250. The quantitative estimate of drug-likeness (QED) is 0.206. The lowest BCUT2D eigenvalue weighted by Crippen LogP contribution is -2.80. The number of esters is 1. The summed E-state index contributed by atoms with van der Waals surface area (Å²) in [6.45, 7) is -0.959. The molecule has 14 heteroatoms. The van der Waals surface area contributed by atoms with Gasteiger partial charge in [-0.05, 0) is 22.9 Å². The summed E-state index contributed by atoms with van der Waals surface area (Å²) >= 11 is 0. The minimum absolute atomic E-state index is 0.142. The second-order valence-corrected chi connectivity index (χ2v) is 8.64. The molecule has 3 aliphatic heterocycles. The third kappa shape index (κ3) is 3.20. The molecule has 0 radical (unpaired) electrons. The number of hydrogen-bond donors (Lipinski definition) is 8. The number of alkyl halides is 3. The van der Waals surface area contributed by atoms with E-state index >= 15 is 0 Å². The van der Waals surface area contributed by atoms with Gasteiger partial charge < -0.3 is 40.9 Å². The molecule has 2 aromatic rings. The SMILES string of the molecule is N=C1N[C@H]2[C@H](CO)NC(=N)N3C[C@H](OC(=O)c4cc(C(F)(F)F)cc5ccccc45)C(O)(O)[C@]23N1. The van der Waals surface area contributed by atoms with Crippen LogP contribution in [-0.4, -0.2) is 80.9 Å². The zero-order valence-electron chi connectivity index (χ0n) is 17.8. The molecule has 0 bridgehead atoms. The maximum absolute atomic E-state index is 13.5. The van der Waals surface area contributed by atoms with Crippen LogP contribution < -0.4 is 16.0 Å². The summed E-state index contributed by atoms with van der Waals surface area (Å²) in [4.78, 5) is 14.3. The van der Waals surface area contributed by atoms with Gasteiger partial charge >= 0.3 is 12.1 Å². The number of fused-ring (bicyclic) bond motifs is 1. The molecule has 186 valence electrons. The lowest BCUT2D eigenvalue weighted by atomic mass is 9.85. The molecule has 3 heterocycles. The summed E-state index contributed by atoms with van der Waals surface area (Å²) in [6, 6.07) is 5.50. The number of hydrogen-bond acceptors (Lipinski definition) is 7. The van der Waals surface area contributed by atoms with E-state index in [1.165, 1.54) is 24.3 Å². The zero-order chi connectivity index (χ0) is 25.3. The molecule has 0 amide bonds. The Kier molecular flexibility index (Phi) is 4.92. The van der Waals surface area contributed by atoms with Crippen molar-refractivity contribution in [2.24, 2.45) is 0 Å². The highest BCUT2D eigenvalue weighted by Crippen LogP contribution is 2.44. The summed E-state index contributed by atoms with van der Waals surface area (Å²) in [5.74, 6) is -4.79. The fourth-order valence-electron chi connectivity index (χ4n) is 5.10. The third-order valence-electron chi connectivity index (χ3n) is 6.70. The van der Waals surface area contributed by atoms with Gasteiger partial charge in [-0.25, -0.2) is 4.79 Å². The van der Waals surface area contributed by atoms with Crippen LogP contribution in [0.1, 0.15) is 15.9 Å². The van der Waals surface area contributed by atoms with Crippen molar-refractivity contribution < 1.29 is 38.0 Å². The average Bonchev–Trinajstić information content (AvgIpc) is 3.26. The molecule has 2 aromatic carbocycles. The molecule has 4 atom stereocenters. The molecule has 8 N–H and O–H groups in total. The molecule has 1 spiro atoms. The van der Waals surface area contributed by atoms with Crippen molar-refractivity contribution in [3.05, 3.63) is 47.5 Å². The molecule has 0 saturated carbocycles. The van der Waals surface area contributed by atoms with E-state index in [0.29, 0.717) is 6.07 Å². The minimum atomic E-state index is -4.74. The largest absolute Gasteiger partial charge is 0.451 e. The van der Waals surface area contributed by atoms with Gasteiger partial charge in [0.15, 0.2) is 23.7 Å². The molecule has 3 aliphatic rings. The highest BCUT2D eigenvalue weighted by Gasteiger charge is 2.75. The molecule has 11 nitrogen and oxygen atoms in total. The van der Waals surface area contributed by atoms with Gasteiger partial charge in [-0.2, -0.15) is 13.2 Å². The van der Waals surface area contributed by atoms with E-state index in [1.807, 2.05) is 0 Å². The highest BCUT2D eigenvalue weighted by molar-refractivity contribution is 6.05. The normalized spacial score (nSPS) is 29.2. The Morgan fingerprint density at radius 3 is 2.60 bits per heavy atom. The van der Waals surface area contributed by atoms with Crippen LogP contribution in [0.2, 0.25) is 0 Å². The summed E-state index contributed by atoms with van der Waals surface area (Å²) in [7, 11) is 0. The zero-order valence-corrected chi connectivity index (χ0v) is 17.8. The molecular weight excluding hydrogens is 473 g/mol. The maximum Gasteiger partial charge on any atom is 0.416 e. The van der Waals surface area contributed by atoms with E-state index in [1.54, 1.807) is 0 Å². The summed E-state index contributed by atoms with van der Waals surface area (Å²) in [5.41, 5.74) is -3.46. The van der Waals surface area contributed by atoms with Gasteiger partial charge in [-0.1, -0.05) is 24.3 Å². The number of nitrogens with zero attached hydrogens (tertiary/aromatic N) is 1. The van der Waals surface area contributed by atoms with Crippen LogP contribution >= 0.6 is 0 Å².